The highest BCUT2D eigenvalue weighted by Gasteiger charge is 2.77. The third kappa shape index (κ3) is 3.06. The maximum Gasteiger partial charge on any atom is 0.306 e. The van der Waals surface area contributed by atoms with Gasteiger partial charge >= 0.3 is 5.97 Å². The van der Waals surface area contributed by atoms with Crippen molar-refractivity contribution in [3.8, 4) is 0 Å². The average molecular weight is 467 g/mol. The maximum absolute atomic E-state index is 17.3. The Kier molecular flexibility index (Phi) is 6.09. The molecule has 6 nitrogen and oxygen atoms in total. The molecule has 4 aliphatic carbocycles. The van der Waals surface area contributed by atoms with Gasteiger partial charge in [0.15, 0.2) is 5.60 Å². The number of ketones is 2. The molecule has 0 radical (unpaired) electrons. The Balaban J connectivity index is 1.79. The summed E-state index contributed by atoms with van der Waals surface area (Å²) in [6, 6.07) is 0. The molecule has 0 heterocycles. The number of halogens is 1. The molecule has 0 spiro atoms. The highest BCUT2D eigenvalue weighted by atomic mass is 19.1. The van der Waals surface area contributed by atoms with Crippen LogP contribution >= 0.6 is 0 Å². The summed E-state index contributed by atoms with van der Waals surface area (Å²) in [4.78, 5) is 38.1. The number of aliphatic hydroxyl groups is 2. The number of hydrogen-bond acceptors (Lipinski definition) is 6. The molecule has 0 amide bonds. The van der Waals surface area contributed by atoms with Gasteiger partial charge in [-0.25, -0.2) is 4.39 Å². The van der Waals surface area contributed by atoms with Gasteiger partial charge in [-0.1, -0.05) is 27.7 Å². The van der Waals surface area contributed by atoms with E-state index in [9.17, 15) is 24.6 Å². The zero-order valence-corrected chi connectivity index (χ0v) is 20.4. The highest BCUT2D eigenvalue weighted by molar-refractivity contribution is 5.92. The minimum atomic E-state index is -1.87. The lowest BCUT2D eigenvalue weighted by molar-refractivity contribution is -0.257. The van der Waals surface area contributed by atoms with Crippen molar-refractivity contribution in [3.05, 3.63) is 0 Å². The number of esters is 1. The quantitative estimate of drug-likeness (QED) is 0.601. The molecule has 33 heavy (non-hydrogen) atoms. The van der Waals surface area contributed by atoms with Crippen LogP contribution in [0.1, 0.15) is 85.5 Å². The van der Waals surface area contributed by atoms with Gasteiger partial charge in [-0.3, -0.25) is 14.4 Å². The summed E-state index contributed by atoms with van der Waals surface area (Å²) in [5.74, 6) is -2.17. The molecule has 186 valence electrons. The zero-order valence-electron chi connectivity index (χ0n) is 20.4. The number of ether oxygens (including phenoxy) is 1. The smallest absolute Gasteiger partial charge is 0.306 e. The number of hydrogen-bond donors (Lipinski definition) is 2. The monoisotopic (exact) mass is 466 g/mol. The molecule has 4 rings (SSSR count). The van der Waals surface area contributed by atoms with Crippen LogP contribution in [0.4, 0.5) is 4.39 Å². The van der Waals surface area contributed by atoms with Crippen molar-refractivity contribution in [2.24, 2.45) is 34.5 Å². The van der Waals surface area contributed by atoms with Crippen molar-refractivity contribution in [2.45, 2.75) is 103 Å². The molecule has 0 aromatic rings. The SMILES string of the molecule is CCCC(=O)O[C@@]1(C(=O)CO)[C@@H](C)C[C@H]2[C@@H]3CC[C@@H]4CC(=O)CC[C@]4(C)[C@@]3(F)[C@@H](O)C[C@@]21C. The van der Waals surface area contributed by atoms with Crippen molar-refractivity contribution in [1.29, 1.82) is 0 Å². The van der Waals surface area contributed by atoms with E-state index in [1.54, 1.807) is 0 Å². The minimum Gasteiger partial charge on any atom is -0.450 e. The molecule has 0 aromatic heterocycles. The predicted octanol–water partition coefficient (Wildman–Crippen LogP) is 3.55. The van der Waals surface area contributed by atoms with Crippen LogP contribution in [0, 0.1) is 34.5 Å². The molecule has 0 aromatic carbocycles. The Morgan fingerprint density at radius 2 is 1.88 bits per heavy atom. The lowest BCUT2D eigenvalue weighted by atomic mass is 9.42. The number of rotatable bonds is 5. The molecule has 4 aliphatic rings. The second kappa shape index (κ2) is 8.11. The van der Waals surface area contributed by atoms with E-state index in [1.807, 2.05) is 27.7 Å². The molecule has 0 aliphatic heterocycles. The molecular formula is C26H39FO6. The number of alkyl halides is 1. The van der Waals surface area contributed by atoms with Crippen LogP contribution in [0.15, 0.2) is 0 Å². The molecule has 7 heteroatoms. The van der Waals surface area contributed by atoms with Crippen LogP contribution in [0.3, 0.4) is 0 Å². The van der Waals surface area contributed by atoms with E-state index < -0.39 is 58.4 Å². The predicted molar refractivity (Wildman–Crippen MR) is 119 cm³/mol. The van der Waals surface area contributed by atoms with Crippen LogP contribution in [-0.4, -0.2) is 51.7 Å². The highest BCUT2D eigenvalue weighted by Crippen LogP contribution is 2.72. The first-order chi connectivity index (χ1) is 15.4. The molecule has 9 atom stereocenters. The minimum absolute atomic E-state index is 0.0175. The fourth-order valence-electron chi connectivity index (χ4n) is 8.79. The van der Waals surface area contributed by atoms with Gasteiger partial charge in [0.1, 0.15) is 18.1 Å². The molecule has 0 saturated heterocycles. The van der Waals surface area contributed by atoms with Gasteiger partial charge in [-0.15, -0.1) is 0 Å². The van der Waals surface area contributed by atoms with E-state index >= 15 is 4.39 Å². The summed E-state index contributed by atoms with van der Waals surface area (Å²) >= 11 is 0. The standard InChI is InChI=1S/C26H39FO6/c1-5-6-22(32)33-26(21(31)14-28)15(2)11-19-18-8-7-16-12-17(29)9-10-23(16,3)25(18,27)20(30)13-24(19,26)4/h15-16,18-20,28,30H,5-14H2,1-4H3/t15-,16+,18-,19-,20-,23-,24-,25-,26+/m0/s1. The van der Waals surface area contributed by atoms with E-state index in [1.165, 1.54) is 0 Å². The second-order valence-corrected chi connectivity index (χ2v) is 11.7. The van der Waals surface area contributed by atoms with Gasteiger partial charge in [0.2, 0.25) is 5.78 Å². The van der Waals surface area contributed by atoms with E-state index in [2.05, 4.69) is 0 Å². The first-order valence-electron chi connectivity index (χ1n) is 12.7. The lowest BCUT2D eigenvalue weighted by Crippen LogP contribution is -2.71. The number of carbonyl (C=O) groups is 3. The number of fused-ring (bicyclic) bond motifs is 5. The van der Waals surface area contributed by atoms with Crippen molar-refractivity contribution < 1.29 is 33.7 Å². The Labute approximate surface area is 195 Å². The van der Waals surface area contributed by atoms with Crippen molar-refractivity contribution in [1.82, 2.24) is 0 Å². The van der Waals surface area contributed by atoms with Gasteiger partial charge < -0.3 is 14.9 Å². The second-order valence-electron chi connectivity index (χ2n) is 11.7. The normalized spacial score (nSPS) is 49.1. The van der Waals surface area contributed by atoms with Crippen LogP contribution in [0.5, 0.6) is 0 Å². The van der Waals surface area contributed by atoms with Crippen molar-refractivity contribution in [2.75, 3.05) is 6.61 Å². The first-order valence-corrected chi connectivity index (χ1v) is 12.7. The number of aliphatic hydroxyl groups excluding tert-OH is 2. The Morgan fingerprint density at radius 1 is 1.18 bits per heavy atom. The van der Waals surface area contributed by atoms with Gasteiger partial charge in [0, 0.05) is 36.0 Å². The van der Waals surface area contributed by atoms with Crippen molar-refractivity contribution in [3.63, 3.8) is 0 Å². The van der Waals surface area contributed by atoms with Crippen LogP contribution in [-0.2, 0) is 19.1 Å². The summed E-state index contributed by atoms with van der Waals surface area (Å²) in [6.45, 7) is 6.66. The average Bonchev–Trinajstić information content (AvgIpc) is 2.97. The molecule has 4 fully saturated rings. The van der Waals surface area contributed by atoms with Gasteiger partial charge in [-0.2, -0.15) is 0 Å². The summed E-state index contributed by atoms with van der Waals surface area (Å²) < 4.78 is 23.3. The Morgan fingerprint density at radius 3 is 2.52 bits per heavy atom. The van der Waals surface area contributed by atoms with Gasteiger partial charge in [0.25, 0.3) is 0 Å². The first kappa shape index (κ1) is 24.8. The van der Waals surface area contributed by atoms with E-state index in [4.69, 9.17) is 4.74 Å². The van der Waals surface area contributed by atoms with Crippen LogP contribution in [0.25, 0.3) is 0 Å². The van der Waals surface area contributed by atoms with Gasteiger partial charge in [0.05, 0.1) is 6.10 Å². The van der Waals surface area contributed by atoms with Crippen LogP contribution in [0.2, 0.25) is 0 Å². The summed E-state index contributed by atoms with van der Waals surface area (Å²) in [5, 5.41) is 21.4. The fourth-order valence-corrected chi connectivity index (χ4v) is 8.79. The number of carbonyl (C=O) groups excluding carboxylic acids is 3. The third-order valence-corrected chi connectivity index (χ3v) is 10.4. The molecule has 4 saturated carbocycles. The zero-order chi connectivity index (χ0) is 24.4. The number of Topliss-reactive ketones (excluding diaryl/α,β-unsaturated/α-hetero) is 2. The lowest BCUT2D eigenvalue weighted by Gasteiger charge is -2.65. The summed E-state index contributed by atoms with van der Waals surface area (Å²) in [7, 11) is 0. The maximum atomic E-state index is 17.3. The third-order valence-electron chi connectivity index (χ3n) is 10.4. The van der Waals surface area contributed by atoms with E-state index in [0.717, 1.165) is 0 Å². The Bertz CT molecular complexity index is 845. The molecule has 2 N–H and O–H groups in total. The fraction of sp³-hybridized carbons (Fsp3) is 0.885. The van der Waals surface area contributed by atoms with Crippen LogP contribution < -0.4 is 0 Å². The van der Waals surface area contributed by atoms with E-state index in [0.29, 0.717) is 44.9 Å². The van der Waals surface area contributed by atoms with E-state index in [-0.39, 0.29) is 30.5 Å². The Hall–Kier alpha value is -1.34. The molecule has 0 bridgehead atoms. The summed E-state index contributed by atoms with van der Waals surface area (Å²) in [5.41, 5.74) is -5.24. The van der Waals surface area contributed by atoms with Crippen molar-refractivity contribution >= 4 is 17.5 Å². The summed E-state index contributed by atoms with van der Waals surface area (Å²) in [6.07, 6.45) is 2.20. The van der Waals surface area contributed by atoms with Gasteiger partial charge in [-0.05, 0) is 56.3 Å². The topological polar surface area (TPSA) is 101 Å². The molecular weight excluding hydrogens is 427 g/mol. The largest absolute Gasteiger partial charge is 0.450 e. The molecule has 0 unspecified atom stereocenters.